The monoisotopic (exact) mass is 398 g/mol. The largest absolute Gasteiger partial charge is 0.350 e. The van der Waals surface area contributed by atoms with E-state index in [0.717, 1.165) is 21.4 Å². The molecule has 1 aliphatic heterocycles. The van der Waals surface area contributed by atoms with E-state index in [-0.39, 0.29) is 17.7 Å². The third-order valence-electron chi connectivity index (χ3n) is 4.87. The second-order valence-corrected chi connectivity index (χ2v) is 8.10. The van der Waals surface area contributed by atoms with Crippen LogP contribution in [0.25, 0.3) is 4.96 Å². The number of likely N-dealkylation sites (tertiary alicyclic amines) is 1. The minimum atomic E-state index is -0.189. The number of imidazole rings is 1. The average Bonchev–Trinajstić information content (AvgIpc) is 3.23. The number of fused-ring (bicyclic) bond motifs is 1. The molecule has 1 atom stereocenters. The van der Waals surface area contributed by atoms with Crippen molar-refractivity contribution < 1.29 is 9.59 Å². The molecule has 2 amide bonds. The Hall–Kier alpha value is -2.81. The standard InChI is InChI=1S/C19H22N6O2S/c1-13-23-25-12-16(22-19(25)28-13)10-21-18(27)14-5-6-17(26)24(11-14)9-7-15-4-2-3-8-20-15/h2-4,8,12,14H,5-7,9-11H2,1H3,(H,21,27)/t14-/m0/s1. The molecule has 0 radical (unpaired) electrons. The lowest BCUT2D eigenvalue weighted by Gasteiger charge is -2.31. The average molecular weight is 398 g/mol. The molecular formula is C19H22N6O2S. The Kier molecular flexibility index (Phi) is 5.34. The van der Waals surface area contributed by atoms with E-state index >= 15 is 0 Å². The second kappa shape index (κ2) is 8.05. The van der Waals surface area contributed by atoms with Crippen LogP contribution in [0.2, 0.25) is 0 Å². The fraction of sp³-hybridized carbons (Fsp3) is 0.421. The van der Waals surface area contributed by atoms with Gasteiger partial charge in [0, 0.05) is 37.8 Å². The SMILES string of the molecule is Cc1nn2cc(CNC(=O)[C@H]3CCC(=O)N(CCc4ccccn4)C3)nc2s1. The number of hydrogen-bond donors (Lipinski definition) is 1. The van der Waals surface area contributed by atoms with E-state index in [1.54, 1.807) is 15.6 Å². The summed E-state index contributed by atoms with van der Waals surface area (Å²) in [7, 11) is 0. The number of aromatic nitrogens is 4. The molecule has 0 bridgehead atoms. The first-order chi connectivity index (χ1) is 13.6. The van der Waals surface area contributed by atoms with Crippen molar-refractivity contribution >= 4 is 28.1 Å². The maximum atomic E-state index is 12.6. The molecular weight excluding hydrogens is 376 g/mol. The van der Waals surface area contributed by atoms with E-state index in [1.807, 2.05) is 31.3 Å². The zero-order chi connectivity index (χ0) is 19.5. The highest BCUT2D eigenvalue weighted by Crippen LogP contribution is 2.19. The summed E-state index contributed by atoms with van der Waals surface area (Å²) in [5.41, 5.74) is 1.73. The minimum absolute atomic E-state index is 0.0316. The fourth-order valence-corrected chi connectivity index (χ4v) is 4.14. The van der Waals surface area contributed by atoms with Gasteiger partial charge >= 0.3 is 0 Å². The fourth-order valence-electron chi connectivity index (χ4n) is 3.39. The van der Waals surface area contributed by atoms with Crippen molar-refractivity contribution in [2.75, 3.05) is 13.1 Å². The van der Waals surface area contributed by atoms with E-state index in [4.69, 9.17) is 0 Å². The smallest absolute Gasteiger partial charge is 0.225 e. The summed E-state index contributed by atoms with van der Waals surface area (Å²) in [6.45, 7) is 3.34. The van der Waals surface area contributed by atoms with E-state index in [2.05, 4.69) is 20.4 Å². The number of nitrogens with one attached hydrogen (secondary N) is 1. The summed E-state index contributed by atoms with van der Waals surface area (Å²) in [5, 5.41) is 8.23. The van der Waals surface area contributed by atoms with Crippen LogP contribution in [0.1, 0.15) is 29.2 Å². The number of pyridine rings is 1. The Morgan fingerprint density at radius 1 is 1.36 bits per heavy atom. The van der Waals surface area contributed by atoms with Crippen LogP contribution in [0.15, 0.2) is 30.6 Å². The Morgan fingerprint density at radius 2 is 2.25 bits per heavy atom. The zero-order valence-corrected chi connectivity index (χ0v) is 16.5. The molecule has 3 aromatic rings. The molecule has 1 saturated heterocycles. The topological polar surface area (TPSA) is 92.5 Å². The number of carbonyl (C=O) groups excluding carboxylic acids is 2. The third-order valence-corrected chi connectivity index (χ3v) is 5.71. The third kappa shape index (κ3) is 4.19. The number of aryl methyl sites for hydroxylation is 1. The van der Waals surface area contributed by atoms with Gasteiger partial charge in [0.05, 0.1) is 24.4 Å². The highest BCUT2D eigenvalue weighted by Gasteiger charge is 2.30. The van der Waals surface area contributed by atoms with Crippen LogP contribution in [0.4, 0.5) is 0 Å². The molecule has 1 aliphatic rings. The Morgan fingerprint density at radius 3 is 3.04 bits per heavy atom. The lowest BCUT2D eigenvalue weighted by molar-refractivity contribution is -0.138. The molecule has 0 unspecified atom stereocenters. The van der Waals surface area contributed by atoms with Gasteiger partial charge in [-0.15, -0.1) is 0 Å². The van der Waals surface area contributed by atoms with Crippen molar-refractivity contribution in [1.29, 1.82) is 0 Å². The predicted molar refractivity (Wildman–Crippen MR) is 105 cm³/mol. The molecule has 4 heterocycles. The molecule has 1 fully saturated rings. The lowest BCUT2D eigenvalue weighted by atomic mass is 9.96. The molecule has 0 aliphatic carbocycles. The second-order valence-electron chi connectivity index (χ2n) is 6.94. The first-order valence-electron chi connectivity index (χ1n) is 9.35. The Bertz CT molecular complexity index is 951. The quantitative estimate of drug-likeness (QED) is 0.681. The van der Waals surface area contributed by atoms with Crippen molar-refractivity contribution in [3.63, 3.8) is 0 Å². The summed E-state index contributed by atoms with van der Waals surface area (Å²) in [5.74, 6) is -0.114. The van der Waals surface area contributed by atoms with Gasteiger partial charge in [0.25, 0.3) is 0 Å². The van der Waals surface area contributed by atoms with Crippen molar-refractivity contribution in [1.82, 2.24) is 29.8 Å². The van der Waals surface area contributed by atoms with Crippen molar-refractivity contribution in [2.24, 2.45) is 5.92 Å². The van der Waals surface area contributed by atoms with Crippen LogP contribution in [0.3, 0.4) is 0 Å². The van der Waals surface area contributed by atoms with E-state index in [1.165, 1.54) is 11.3 Å². The Balaban J connectivity index is 1.30. The highest BCUT2D eigenvalue weighted by molar-refractivity contribution is 7.16. The highest BCUT2D eigenvalue weighted by atomic mass is 32.1. The van der Waals surface area contributed by atoms with E-state index in [0.29, 0.717) is 38.9 Å². The van der Waals surface area contributed by atoms with Gasteiger partial charge in [-0.25, -0.2) is 9.50 Å². The molecule has 0 aromatic carbocycles. The molecule has 9 heteroatoms. The number of piperidine rings is 1. The molecule has 0 saturated carbocycles. The molecule has 8 nitrogen and oxygen atoms in total. The summed E-state index contributed by atoms with van der Waals surface area (Å²) in [6, 6.07) is 5.76. The number of hydrogen-bond acceptors (Lipinski definition) is 6. The van der Waals surface area contributed by atoms with Crippen LogP contribution >= 0.6 is 11.3 Å². The Labute approximate surface area is 166 Å². The number of nitrogens with zero attached hydrogens (tertiary/aromatic N) is 5. The van der Waals surface area contributed by atoms with Gasteiger partial charge in [-0.1, -0.05) is 17.4 Å². The summed E-state index contributed by atoms with van der Waals surface area (Å²) in [6.07, 6.45) is 5.27. The maximum Gasteiger partial charge on any atom is 0.225 e. The predicted octanol–water partition coefficient (Wildman–Crippen LogP) is 1.59. The van der Waals surface area contributed by atoms with Crippen molar-refractivity contribution in [3.05, 3.63) is 47.0 Å². The molecule has 3 aromatic heterocycles. The summed E-state index contributed by atoms with van der Waals surface area (Å²) < 4.78 is 1.74. The van der Waals surface area contributed by atoms with Crippen LogP contribution < -0.4 is 5.32 Å². The van der Waals surface area contributed by atoms with Gasteiger partial charge in [-0.2, -0.15) is 5.10 Å². The van der Waals surface area contributed by atoms with Crippen LogP contribution in [-0.4, -0.2) is 49.4 Å². The normalized spacial score (nSPS) is 17.2. The number of rotatable bonds is 6. The van der Waals surface area contributed by atoms with Crippen molar-refractivity contribution in [2.45, 2.75) is 32.7 Å². The van der Waals surface area contributed by atoms with E-state index < -0.39 is 0 Å². The minimum Gasteiger partial charge on any atom is -0.350 e. The summed E-state index contributed by atoms with van der Waals surface area (Å²) >= 11 is 1.52. The molecule has 28 heavy (non-hydrogen) atoms. The number of carbonyl (C=O) groups is 2. The maximum absolute atomic E-state index is 12.6. The summed E-state index contributed by atoms with van der Waals surface area (Å²) in [4.78, 5) is 36.2. The number of amides is 2. The lowest BCUT2D eigenvalue weighted by Crippen LogP contribution is -2.46. The van der Waals surface area contributed by atoms with Crippen LogP contribution in [0, 0.1) is 12.8 Å². The van der Waals surface area contributed by atoms with Crippen LogP contribution in [0.5, 0.6) is 0 Å². The van der Waals surface area contributed by atoms with Crippen LogP contribution in [-0.2, 0) is 22.6 Å². The molecule has 4 rings (SSSR count). The van der Waals surface area contributed by atoms with Gasteiger partial charge in [0.15, 0.2) is 0 Å². The van der Waals surface area contributed by atoms with Gasteiger partial charge in [0.1, 0.15) is 5.01 Å². The molecule has 146 valence electrons. The van der Waals surface area contributed by atoms with E-state index in [9.17, 15) is 9.59 Å². The van der Waals surface area contributed by atoms with Gasteiger partial charge in [-0.05, 0) is 25.5 Å². The zero-order valence-electron chi connectivity index (χ0n) is 15.7. The molecule has 0 spiro atoms. The first-order valence-corrected chi connectivity index (χ1v) is 10.2. The molecule has 1 N–H and O–H groups in total. The van der Waals surface area contributed by atoms with Gasteiger partial charge in [0.2, 0.25) is 16.8 Å². The van der Waals surface area contributed by atoms with Gasteiger partial charge < -0.3 is 10.2 Å². The van der Waals surface area contributed by atoms with Crippen molar-refractivity contribution in [3.8, 4) is 0 Å². The van der Waals surface area contributed by atoms with Gasteiger partial charge in [-0.3, -0.25) is 14.6 Å². The first kappa shape index (κ1) is 18.5.